The van der Waals surface area contributed by atoms with Gasteiger partial charge in [-0.3, -0.25) is 4.79 Å². The molecule has 0 aliphatic heterocycles. The molecule has 23 heavy (non-hydrogen) atoms. The molecule has 3 rings (SSSR count). The Morgan fingerprint density at radius 1 is 1.30 bits per heavy atom. The van der Waals surface area contributed by atoms with Crippen LogP contribution >= 0.6 is 0 Å². The number of hydrogen-bond donors (Lipinski definition) is 5. The molecule has 1 amide bonds. The Balaban J connectivity index is 1.93. The van der Waals surface area contributed by atoms with Crippen molar-refractivity contribution in [3.05, 3.63) is 42.2 Å². The van der Waals surface area contributed by atoms with Gasteiger partial charge in [0, 0.05) is 42.1 Å². The highest BCUT2D eigenvalue weighted by molar-refractivity contribution is 5.98. The highest BCUT2D eigenvalue weighted by atomic mass is 16.1. The number of carbonyl (C=O) groups is 1. The van der Waals surface area contributed by atoms with Gasteiger partial charge in [-0.15, -0.1) is 0 Å². The van der Waals surface area contributed by atoms with Crippen LogP contribution in [-0.2, 0) is 0 Å². The Morgan fingerprint density at radius 2 is 2.17 bits per heavy atom. The number of amides is 1. The predicted molar refractivity (Wildman–Crippen MR) is 89.7 cm³/mol. The molecule has 0 radical (unpaired) electrons. The Bertz CT molecular complexity index is 843. The first-order valence-corrected chi connectivity index (χ1v) is 7.12. The second-order valence-corrected chi connectivity index (χ2v) is 4.94. The number of carbonyl (C=O) groups excluding carboxylic acids is 1. The molecule has 118 valence electrons. The Morgan fingerprint density at radius 3 is 2.96 bits per heavy atom. The number of aromatic amines is 1. The van der Waals surface area contributed by atoms with Gasteiger partial charge in [-0.05, 0) is 24.3 Å². The third-order valence-corrected chi connectivity index (χ3v) is 3.30. The number of aromatic nitrogens is 3. The predicted octanol–water partition coefficient (Wildman–Crippen LogP) is 1.17. The summed E-state index contributed by atoms with van der Waals surface area (Å²) in [5.74, 6) is 0.133. The molecule has 0 fully saturated rings. The number of hydrogen-bond acceptors (Lipinski definition) is 6. The molecule has 0 bridgehead atoms. The lowest BCUT2D eigenvalue weighted by Crippen LogP contribution is -2.18. The average molecular weight is 311 g/mol. The number of benzene rings is 1. The summed E-state index contributed by atoms with van der Waals surface area (Å²) >= 11 is 0. The third kappa shape index (κ3) is 3.22. The van der Waals surface area contributed by atoms with Crippen molar-refractivity contribution in [1.29, 1.82) is 0 Å². The Kier molecular flexibility index (Phi) is 4.07. The van der Waals surface area contributed by atoms with E-state index in [0.717, 1.165) is 16.6 Å². The van der Waals surface area contributed by atoms with Crippen LogP contribution in [0.4, 0.5) is 17.5 Å². The molecule has 2 heterocycles. The van der Waals surface area contributed by atoms with Gasteiger partial charge in [0.1, 0.15) is 11.4 Å². The van der Waals surface area contributed by atoms with Crippen molar-refractivity contribution >= 4 is 34.3 Å². The molecule has 7 N–H and O–H groups in total. The van der Waals surface area contributed by atoms with E-state index in [4.69, 9.17) is 11.5 Å². The second kappa shape index (κ2) is 6.32. The van der Waals surface area contributed by atoms with Crippen LogP contribution in [0.1, 0.15) is 10.4 Å². The van der Waals surface area contributed by atoms with Crippen molar-refractivity contribution in [1.82, 2.24) is 15.0 Å². The molecule has 0 aliphatic carbocycles. The molecule has 0 saturated carbocycles. The standard InChI is InChI=1S/C15H17N7O/c16-4-6-19-15-20-8-11(13(17)23)14(22-15)21-10-1-2-12-9(7-10)3-5-18-12/h1-3,5,7-8,18H,4,6,16H2,(H2,17,23)(H2,19,20,21,22). The van der Waals surface area contributed by atoms with Gasteiger partial charge in [-0.2, -0.15) is 4.98 Å². The first kappa shape index (κ1) is 14.8. The van der Waals surface area contributed by atoms with E-state index in [1.54, 1.807) is 0 Å². The maximum absolute atomic E-state index is 11.6. The van der Waals surface area contributed by atoms with Gasteiger partial charge in [-0.25, -0.2) is 4.98 Å². The summed E-state index contributed by atoms with van der Waals surface area (Å²) in [5, 5.41) is 7.13. The number of anilines is 3. The van der Waals surface area contributed by atoms with Gasteiger partial charge in [0.05, 0.1) is 0 Å². The van der Waals surface area contributed by atoms with Gasteiger partial charge in [0.15, 0.2) is 0 Å². The van der Waals surface area contributed by atoms with Crippen molar-refractivity contribution < 1.29 is 4.79 Å². The minimum atomic E-state index is -0.597. The van der Waals surface area contributed by atoms with Crippen molar-refractivity contribution in [3.8, 4) is 0 Å². The van der Waals surface area contributed by atoms with Crippen LogP contribution in [0.3, 0.4) is 0 Å². The number of nitrogens with two attached hydrogens (primary N) is 2. The largest absolute Gasteiger partial charge is 0.365 e. The van der Waals surface area contributed by atoms with Crippen LogP contribution in [0, 0.1) is 0 Å². The lowest BCUT2D eigenvalue weighted by Gasteiger charge is -2.11. The van der Waals surface area contributed by atoms with Gasteiger partial charge in [0.2, 0.25) is 5.95 Å². The number of nitrogens with zero attached hydrogens (tertiary/aromatic N) is 2. The summed E-state index contributed by atoms with van der Waals surface area (Å²) < 4.78 is 0. The van der Waals surface area contributed by atoms with E-state index in [0.29, 0.717) is 24.9 Å². The molecule has 0 saturated heterocycles. The highest BCUT2D eigenvalue weighted by Gasteiger charge is 2.12. The minimum Gasteiger partial charge on any atom is -0.365 e. The summed E-state index contributed by atoms with van der Waals surface area (Å²) in [4.78, 5) is 23.0. The summed E-state index contributed by atoms with van der Waals surface area (Å²) in [5.41, 5.74) is 12.9. The van der Waals surface area contributed by atoms with Gasteiger partial charge < -0.3 is 27.1 Å². The fourth-order valence-corrected chi connectivity index (χ4v) is 2.19. The van der Waals surface area contributed by atoms with Gasteiger partial charge in [-0.1, -0.05) is 0 Å². The summed E-state index contributed by atoms with van der Waals surface area (Å²) in [6, 6.07) is 7.74. The number of H-pyrrole nitrogens is 1. The quantitative estimate of drug-likeness (QED) is 0.464. The van der Waals surface area contributed by atoms with Crippen molar-refractivity contribution in [2.75, 3.05) is 23.7 Å². The smallest absolute Gasteiger partial charge is 0.254 e. The monoisotopic (exact) mass is 311 g/mol. The highest BCUT2D eigenvalue weighted by Crippen LogP contribution is 2.23. The molecule has 0 unspecified atom stereocenters. The van der Waals surface area contributed by atoms with Crippen molar-refractivity contribution in [3.63, 3.8) is 0 Å². The van der Waals surface area contributed by atoms with Crippen LogP contribution in [0.15, 0.2) is 36.7 Å². The van der Waals surface area contributed by atoms with Crippen molar-refractivity contribution in [2.24, 2.45) is 11.5 Å². The fraction of sp³-hybridized carbons (Fsp3) is 0.133. The molecule has 1 aromatic carbocycles. The SMILES string of the molecule is NCCNc1ncc(C(N)=O)c(Nc2ccc3[nH]ccc3c2)n1. The van der Waals surface area contributed by atoms with E-state index in [2.05, 4.69) is 25.6 Å². The molecular weight excluding hydrogens is 294 g/mol. The van der Waals surface area contributed by atoms with E-state index in [1.165, 1.54) is 6.20 Å². The summed E-state index contributed by atoms with van der Waals surface area (Å²) in [7, 11) is 0. The van der Waals surface area contributed by atoms with Crippen LogP contribution in [0.25, 0.3) is 10.9 Å². The third-order valence-electron chi connectivity index (χ3n) is 3.30. The van der Waals surface area contributed by atoms with Crippen LogP contribution in [-0.4, -0.2) is 33.9 Å². The van der Waals surface area contributed by atoms with E-state index >= 15 is 0 Å². The zero-order valence-corrected chi connectivity index (χ0v) is 12.3. The summed E-state index contributed by atoms with van der Waals surface area (Å²) in [6.45, 7) is 0.985. The summed E-state index contributed by atoms with van der Waals surface area (Å²) in [6.07, 6.45) is 3.26. The molecule has 3 aromatic rings. The first-order chi connectivity index (χ1) is 11.2. The topological polar surface area (TPSA) is 135 Å². The number of nitrogens with one attached hydrogen (secondary N) is 3. The maximum atomic E-state index is 11.6. The molecule has 0 atom stereocenters. The zero-order valence-electron chi connectivity index (χ0n) is 12.3. The molecule has 8 nitrogen and oxygen atoms in total. The fourth-order valence-electron chi connectivity index (χ4n) is 2.19. The lowest BCUT2D eigenvalue weighted by atomic mass is 10.2. The minimum absolute atomic E-state index is 0.220. The molecule has 8 heteroatoms. The molecule has 0 spiro atoms. The van der Waals surface area contributed by atoms with Crippen LogP contribution in [0.2, 0.25) is 0 Å². The number of rotatable bonds is 6. The number of primary amides is 1. The second-order valence-electron chi connectivity index (χ2n) is 4.94. The number of fused-ring (bicyclic) bond motifs is 1. The van der Waals surface area contributed by atoms with Crippen LogP contribution in [0.5, 0.6) is 0 Å². The molecular formula is C15H17N7O. The van der Waals surface area contributed by atoms with E-state index < -0.39 is 5.91 Å². The maximum Gasteiger partial charge on any atom is 0.254 e. The van der Waals surface area contributed by atoms with E-state index in [1.807, 2.05) is 30.5 Å². The lowest BCUT2D eigenvalue weighted by molar-refractivity contribution is 0.100. The zero-order chi connectivity index (χ0) is 16.2. The van der Waals surface area contributed by atoms with Gasteiger partial charge in [0.25, 0.3) is 5.91 Å². The Labute approximate surface area is 132 Å². The molecule has 2 aromatic heterocycles. The van der Waals surface area contributed by atoms with Gasteiger partial charge >= 0.3 is 0 Å². The normalized spacial score (nSPS) is 10.7. The van der Waals surface area contributed by atoms with E-state index in [9.17, 15) is 4.79 Å². The van der Waals surface area contributed by atoms with Crippen LogP contribution < -0.4 is 22.1 Å². The average Bonchev–Trinajstić information content (AvgIpc) is 3.00. The van der Waals surface area contributed by atoms with Crippen molar-refractivity contribution in [2.45, 2.75) is 0 Å². The first-order valence-electron chi connectivity index (χ1n) is 7.12. The van der Waals surface area contributed by atoms with E-state index in [-0.39, 0.29) is 5.56 Å². The molecule has 0 aliphatic rings. The Hall–Kier alpha value is -3.13.